The lowest BCUT2D eigenvalue weighted by Gasteiger charge is -2.27. The topological polar surface area (TPSA) is 131 Å². The van der Waals surface area contributed by atoms with E-state index in [-0.39, 0.29) is 5.91 Å². The molecule has 2 aliphatic rings. The van der Waals surface area contributed by atoms with E-state index in [0.717, 1.165) is 35.2 Å². The molecule has 13 heteroatoms. The highest BCUT2D eigenvalue weighted by Crippen LogP contribution is 2.51. The number of likely N-dealkylation sites (tertiary alicyclic amines) is 1. The largest absolute Gasteiger partial charge is 0.494 e. The van der Waals surface area contributed by atoms with Crippen LogP contribution in [0.15, 0.2) is 67.8 Å². The summed E-state index contributed by atoms with van der Waals surface area (Å²) in [5.41, 5.74) is 5.34. The molecule has 2 N–H and O–H groups in total. The minimum atomic E-state index is -0.299. The molecule has 1 saturated heterocycles. The number of hydrogen-bond donors (Lipinski definition) is 2. The highest BCUT2D eigenvalue weighted by molar-refractivity contribution is 6.02. The van der Waals surface area contributed by atoms with Crippen LogP contribution in [0, 0.1) is 11.8 Å². The van der Waals surface area contributed by atoms with Gasteiger partial charge in [-0.2, -0.15) is 4.68 Å². The number of benzene rings is 2. The maximum atomic E-state index is 12.5. The lowest BCUT2D eigenvalue weighted by atomic mass is 10.1. The number of piperidine rings is 1. The summed E-state index contributed by atoms with van der Waals surface area (Å²) in [5, 5.41) is 19.1. The molecule has 1 unspecified atom stereocenters. The molecule has 3 atom stereocenters. The molecular weight excluding hydrogens is 558 g/mol. The number of para-hydroxylation sites is 1. The number of carbonyl (C=O) groups excluding carboxylic acids is 1. The Hall–Kier alpha value is -5.30. The fourth-order valence-corrected chi connectivity index (χ4v) is 6.58. The molecule has 3 aromatic heterocycles. The number of nitrogens with zero attached hydrogens (tertiary/aromatic N) is 9. The van der Waals surface area contributed by atoms with Gasteiger partial charge in [-0.25, -0.2) is 9.97 Å². The molecular formula is C31H33N11O2. The van der Waals surface area contributed by atoms with E-state index in [4.69, 9.17) is 9.72 Å². The zero-order valence-corrected chi connectivity index (χ0v) is 25.0. The summed E-state index contributed by atoms with van der Waals surface area (Å²) in [4.78, 5) is 26.7. The van der Waals surface area contributed by atoms with Crippen molar-refractivity contribution in [1.82, 2.24) is 39.6 Å². The summed E-state index contributed by atoms with van der Waals surface area (Å²) in [7, 11) is 7.85. The van der Waals surface area contributed by atoms with Crippen LogP contribution >= 0.6 is 0 Å². The molecule has 0 bridgehead atoms. The number of nitrogens with one attached hydrogen (secondary N) is 2. The second-order valence-electron chi connectivity index (χ2n) is 11.4. The number of anilines is 4. The number of aromatic nitrogens is 7. The molecule has 2 fully saturated rings. The fourth-order valence-electron chi connectivity index (χ4n) is 6.58. The lowest BCUT2D eigenvalue weighted by molar-refractivity contribution is -0.111. The van der Waals surface area contributed by atoms with E-state index in [9.17, 15) is 4.79 Å². The van der Waals surface area contributed by atoms with Gasteiger partial charge in [0.15, 0.2) is 0 Å². The Balaban J connectivity index is 1.29. The van der Waals surface area contributed by atoms with Crippen molar-refractivity contribution in [3.8, 4) is 22.7 Å². The van der Waals surface area contributed by atoms with E-state index < -0.39 is 0 Å². The van der Waals surface area contributed by atoms with Gasteiger partial charge in [0.25, 0.3) is 0 Å². The molecule has 0 radical (unpaired) electrons. The van der Waals surface area contributed by atoms with Crippen LogP contribution in [0.4, 0.5) is 23.0 Å². The van der Waals surface area contributed by atoms with E-state index in [1.807, 2.05) is 37.5 Å². The molecule has 2 aromatic carbocycles. The summed E-state index contributed by atoms with van der Waals surface area (Å²) < 4.78 is 9.44. The molecule has 44 heavy (non-hydrogen) atoms. The molecule has 1 amide bonds. The van der Waals surface area contributed by atoms with Crippen molar-refractivity contribution in [1.29, 1.82) is 0 Å². The Bertz CT molecular complexity index is 1870. The van der Waals surface area contributed by atoms with Crippen molar-refractivity contribution in [2.24, 2.45) is 18.9 Å². The van der Waals surface area contributed by atoms with Crippen LogP contribution in [0.3, 0.4) is 0 Å². The third-order valence-electron chi connectivity index (χ3n) is 8.68. The van der Waals surface area contributed by atoms with Gasteiger partial charge in [0.05, 0.1) is 30.4 Å². The Morgan fingerprint density at radius 2 is 1.95 bits per heavy atom. The Labute approximate surface area is 254 Å². The first-order valence-electron chi connectivity index (χ1n) is 14.3. The number of carbonyl (C=O) groups is 1. The molecule has 0 spiro atoms. The predicted octanol–water partition coefficient (Wildman–Crippen LogP) is 3.48. The summed E-state index contributed by atoms with van der Waals surface area (Å²) >= 11 is 0. The van der Waals surface area contributed by atoms with Crippen LogP contribution in [-0.2, 0) is 11.8 Å². The van der Waals surface area contributed by atoms with Crippen molar-refractivity contribution < 1.29 is 9.53 Å². The van der Waals surface area contributed by atoms with Gasteiger partial charge in [0.1, 0.15) is 23.5 Å². The van der Waals surface area contributed by atoms with Crippen LogP contribution in [0.5, 0.6) is 5.75 Å². The monoisotopic (exact) mass is 591 g/mol. The molecule has 1 aliphatic heterocycles. The maximum absolute atomic E-state index is 12.5. The van der Waals surface area contributed by atoms with E-state index in [2.05, 4.69) is 78.3 Å². The number of aryl methyl sites for hydroxylation is 1. The number of tetrazole rings is 1. The molecule has 224 valence electrons. The van der Waals surface area contributed by atoms with Gasteiger partial charge in [-0.05, 0) is 47.5 Å². The molecule has 13 nitrogen and oxygen atoms in total. The number of methoxy groups -OCH3 is 1. The Kier molecular flexibility index (Phi) is 6.73. The van der Waals surface area contributed by atoms with Crippen molar-refractivity contribution in [3.05, 3.63) is 67.8 Å². The summed E-state index contributed by atoms with van der Waals surface area (Å²) in [6.45, 7) is 5.78. The fraction of sp³-hybridized carbons (Fsp3) is 0.290. The van der Waals surface area contributed by atoms with E-state index >= 15 is 0 Å². The number of hydrogen-bond acceptors (Lipinski definition) is 10. The van der Waals surface area contributed by atoms with Gasteiger partial charge in [-0.3, -0.25) is 4.79 Å². The average Bonchev–Trinajstić information content (AvgIpc) is 3.44. The Morgan fingerprint density at radius 3 is 2.68 bits per heavy atom. The number of amides is 1. The second kappa shape index (κ2) is 10.8. The van der Waals surface area contributed by atoms with Crippen molar-refractivity contribution in [3.63, 3.8) is 0 Å². The normalized spacial score (nSPS) is 19.0. The number of rotatable bonds is 9. The lowest BCUT2D eigenvalue weighted by Crippen LogP contribution is -2.31. The minimum Gasteiger partial charge on any atom is -0.494 e. The molecule has 4 heterocycles. The zero-order chi connectivity index (χ0) is 30.5. The average molecular weight is 592 g/mol. The summed E-state index contributed by atoms with van der Waals surface area (Å²) in [6, 6.07) is 12.3. The molecule has 7 rings (SSSR count). The third kappa shape index (κ3) is 4.71. The van der Waals surface area contributed by atoms with Crippen LogP contribution in [0.1, 0.15) is 0 Å². The standard InChI is InChI=1S/C31H33N11O2/c1-6-28(43)34-22-11-23(27(44-5)12-25(22)41(4)30-20-14-39(2)15-21(20)30)35-31-32-13-26(42-17-33-37-38-42)29(36-31)19-16-40(3)24-10-8-7-9-18(19)24/h6-13,16-17,20-21,30H,1,14-15H2,2-5H3,(H,34,43)(H,32,35,36)/t20-,21+,30?. The van der Waals surface area contributed by atoms with Gasteiger partial charge in [0.2, 0.25) is 11.9 Å². The van der Waals surface area contributed by atoms with E-state index in [1.54, 1.807) is 18.0 Å². The molecule has 1 saturated carbocycles. The van der Waals surface area contributed by atoms with Crippen LogP contribution in [-0.4, -0.2) is 85.9 Å². The first-order chi connectivity index (χ1) is 21.4. The first kappa shape index (κ1) is 27.5. The number of fused-ring (bicyclic) bond motifs is 2. The van der Waals surface area contributed by atoms with Crippen LogP contribution < -0.4 is 20.3 Å². The van der Waals surface area contributed by atoms with Gasteiger partial charge in [-0.15, -0.1) is 5.10 Å². The Morgan fingerprint density at radius 1 is 1.16 bits per heavy atom. The van der Waals surface area contributed by atoms with Crippen molar-refractivity contribution in [2.75, 3.05) is 49.8 Å². The summed E-state index contributed by atoms with van der Waals surface area (Å²) in [6.07, 6.45) is 6.49. The quantitative estimate of drug-likeness (QED) is 0.246. The SMILES string of the molecule is C=CC(=O)Nc1cc(Nc2ncc(-n3cnnn3)c(-c3cn(C)c4ccccc34)n2)c(OC)cc1N(C)C1[C@H]2CN(C)C[C@@H]12. The molecule has 1 aliphatic carbocycles. The minimum absolute atomic E-state index is 0.299. The van der Waals surface area contributed by atoms with Gasteiger partial charge in [-0.1, -0.05) is 24.8 Å². The predicted molar refractivity (Wildman–Crippen MR) is 168 cm³/mol. The maximum Gasteiger partial charge on any atom is 0.247 e. The van der Waals surface area contributed by atoms with Gasteiger partial charge < -0.3 is 29.7 Å². The summed E-state index contributed by atoms with van der Waals surface area (Å²) in [5.74, 6) is 1.84. The van der Waals surface area contributed by atoms with E-state index in [0.29, 0.717) is 52.3 Å². The second-order valence-corrected chi connectivity index (χ2v) is 11.4. The van der Waals surface area contributed by atoms with Crippen molar-refractivity contribution >= 4 is 39.8 Å². The highest BCUT2D eigenvalue weighted by Gasteiger charge is 2.57. The smallest absolute Gasteiger partial charge is 0.247 e. The van der Waals surface area contributed by atoms with Crippen LogP contribution in [0.25, 0.3) is 27.8 Å². The highest BCUT2D eigenvalue weighted by atomic mass is 16.5. The van der Waals surface area contributed by atoms with E-state index in [1.165, 1.54) is 12.4 Å². The van der Waals surface area contributed by atoms with Gasteiger partial charge in [0, 0.05) is 62.0 Å². The van der Waals surface area contributed by atoms with Gasteiger partial charge >= 0.3 is 0 Å². The third-order valence-corrected chi connectivity index (χ3v) is 8.68. The molecule has 5 aromatic rings. The van der Waals surface area contributed by atoms with Crippen LogP contribution in [0.2, 0.25) is 0 Å². The zero-order valence-electron chi connectivity index (χ0n) is 25.0. The van der Waals surface area contributed by atoms with Crippen molar-refractivity contribution in [2.45, 2.75) is 6.04 Å². The number of ether oxygens (including phenoxy) is 1. The first-order valence-corrected chi connectivity index (χ1v) is 14.3.